The molecule has 4 heteroatoms. The summed E-state index contributed by atoms with van der Waals surface area (Å²) in [5, 5.41) is 10.00. The zero-order valence-corrected chi connectivity index (χ0v) is 14.2. The highest BCUT2D eigenvalue weighted by Crippen LogP contribution is 2.30. The van der Waals surface area contributed by atoms with Gasteiger partial charge < -0.3 is 14.7 Å². The number of hydrogen-bond donors (Lipinski definition) is 1. The van der Waals surface area contributed by atoms with Crippen molar-refractivity contribution in [3.8, 4) is 5.75 Å². The monoisotopic (exact) mass is 305 g/mol. The minimum Gasteiger partial charge on any atom is -0.481 e. The molecule has 2 unspecified atom stereocenters. The Morgan fingerprint density at radius 1 is 1.27 bits per heavy atom. The van der Waals surface area contributed by atoms with Gasteiger partial charge in [-0.05, 0) is 50.8 Å². The van der Waals surface area contributed by atoms with Gasteiger partial charge in [0, 0.05) is 6.54 Å². The standard InChI is InChI=1S/C18H27NO3/c1-12(2)14-6-8-15(9-7-14)22-13(3)17(21)19-11-10-16(20)18(19,4)5/h6-9,12-13,16,20H,10-11H2,1-5H3. The fourth-order valence-electron chi connectivity index (χ4n) is 2.87. The molecule has 0 saturated carbocycles. The van der Waals surface area contributed by atoms with Gasteiger partial charge in [0.05, 0.1) is 11.6 Å². The van der Waals surface area contributed by atoms with Crippen LogP contribution in [0.1, 0.15) is 52.5 Å². The molecule has 0 aromatic heterocycles. The lowest BCUT2D eigenvalue weighted by atomic mass is 9.98. The van der Waals surface area contributed by atoms with E-state index >= 15 is 0 Å². The van der Waals surface area contributed by atoms with Crippen LogP contribution in [0.5, 0.6) is 5.75 Å². The van der Waals surface area contributed by atoms with E-state index in [1.54, 1.807) is 11.8 Å². The van der Waals surface area contributed by atoms with E-state index in [1.165, 1.54) is 5.56 Å². The Balaban J connectivity index is 2.02. The summed E-state index contributed by atoms with van der Waals surface area (Å²) in [6.45, 7) is 10.4. The second-order valence-electron chi connectivity index (χ2n) is 6.93. The van der Waals surface area contributed by atoms with Gasteiger partial charge in [0.2, 0.25) is 0 Å². The van der Waals surface area contributed by atoms with E-state index in [9.17, 15) is 9.90 Å². The molecule has 0 spiro atoms. The quantitative estimate of drug-likeness (QED) is 0.930. The lowest BCUT2D eigenvalue weighted by Gasteiger charge is -2.35. The zero-order valence-electron chi connectivity index (χ0n) is 14.2. The number of likely N-dealkylation sites (tertiary alicyclic amines) is 1. The van der Waals surface area contributed by atoms with Gasteiger partial charge in [-0.25, -0.2) is 0 Å². The predicted octanol–water partition coefficient (Wildman–Crippen LogP) is 2.95. The van der Waals surface area contributed by atoms with Gasteiger partial charge in [0.25, 0.3) is 5.91 Å². The number of rotatable bonds is 4. The summed E-state index contributed by atoms with van der Waals surface area (Å²) in [5.74, 6) is 1.09. The molecule has 2 rings (SSSR count). The Morgan fingerprint density at radius 2 is 1.86 bits per heavy atom. The number of carbonyl (C=O) groups excluding carboxylic acids is 1. The van der Waals surface area contributed by atoms with Crippen LogP contribution in [0.2, 0.25) is 0 Å². The van der Waals surface area contributed by atoms with Crippen LogP contribution < -0.4 is 4.74 Å². The first-order valence-electron chi connectivity index (χ1n) is 7.99. The van der Waals surface area contributed by atoms with Crippen molar-refractivity contribution in [3.05, 3.63) is 29.8 Å². The van der Waals surface area contributed by atoms with Gasteiger partial charge in [-0.3, -0.25) is 4.79 Å². The number of amides is 1. The third kappa shape index (κ3) is 3.27. The van der Waals surface area contributed by atoms with Gasteiger partial charge in [-0.2, -0.15) is 0 Å². The van der Waals surface area contributed by atoms with Crippen LogP contribution in [0.25, 0.3) is 0 Å². The summed E-state index contributed by atoms with van der Waals surface area (Å²) in [4.78, 5) is 14.3. The van der Waals surface area contributed by atoms with E-state index in [2.05, 4.69) is 13.8 Å². The Labute approximate surface area is 133 Å². The van der Waals surface area contributed by atoms with Crippen molar-refractivity contribution >= 4 is 5.91 Å². The van der Waals surface area contributed by atoms with Crippen LogP contribution in [0.3, 0.4) is 0 Å². The van der Waals surface area contributed by atoms with E-state index in [-0.39, 0.29) is 5.91 Å². The molecule has 4 nitrogen and oxygen atoms in total. The van der Waals surface area contributed by atoms with Crippen LogP contribution in [0, 0.1) is 0 Å². The maximum Gasteiger partial charge on any atom is 0.263 e. The van der Waals surface area contributed by atoms with Crippen molar-refractivity contribution in [2.24, 2.45) is 0 Å². The van der Waals surface area contributed by atoms with Crippen LogP contribution in [-0.4, -0.2) is 40.2 Å². The Morgan fingerprint density at radius 3 is 2.32 bits per heavy atom. The highest BCUT2D eigenvalue weighted by Gasteiger charge is 2.44. The van der Waals surface area contributed by atoms with Crippen molar-refractivity contribution in [3.63, 3.8) is 0 Å². The van der Waals surface area contributed by atoms with Crippen LogP contribution in [0.4, 0.5) is 0 Å². The van der Waals surface area contributed by atoms with E-state index in [1.807, 2.05) is 38.1 Å². The normalized spacial score (nSPS) is 22.0. The SMILES string of the molecule is CC(Oc1ccc(C(C)C)cc1)C(=O)N1CCC(O)C1(C)C. The van der Waals surface area contributed by atoms with Gasteiger partial charge in [0.15, 0.2) is 6.10 Å². The summed E-state index contributed by atoms with van der Waals surface area (Å²) in [6.07, 6.45) is -0.419. The van der Waals surface area contributed by atoms with Crippen molar-refractivity contribution in [2.75, 3.05) is 6.54 Å². The Hall–Kier alpha value is -1.55. The summed E-state index contributed by atoms with van der Waals surface area (Å²) in [6, 6.07) is 7.87. The molecule has 1 amide bonds. The minimum atomic E-state index is -0.561. The van der Waals surface area contributed by atoms with Crippen LogP contribution in [-0.2, 0) is 4.79 Å². The summed E-state index contributed by atoms with van der Waals surface area (Å²) < 4.78 is 5.78. The molecule has 1 N–H and O–H groups in total. The highest BCUT2D eigenvalue weighted by atomic mass is 16.5. The molecular weight excluding hydrogens is 278 g/mol. The number of ether oxygens (including phenoxy) is 1. The minimum absolute atomic E-state index is 0.0745. The third-order valence-corrected chi connectivity index (χ3v) is 4.61. The number of benzene rings is 1. The first kappa shape index (κ1) is 16.8. The molecular formula is C18H27NO3. The number of carbonyl (C=O) groups is 1. The lowest BCUT2D eigenvalue weighted by molar-refractivity contribution is -0.143. The number of nitrogens with zero attached hydrogens (tertiary/aromatic N) is 1. The highest BCUT2D eigenvalue weighted by molar-refractivity contribution is 5.82. The molecule has 1 heterocycles. The van der Waals surface area contributed by atoms with E-state index in [0.29, 0.717) is 24.6 Å². The molecule has 1 aliphatic rings. The third-order valence-electron chi connectivity index (χ3n) is 4.61. The van der Waals surface area contributed by atoms with Crippen molar-refractivity contribution in [1.82, 2.24) is 4.90 Å². The topological polar surface area (TPSA) is 49.8 Å². The smallest absolute Gasteiger partial charge is 0.263 e. The number of aliphatic hydroxyl groups excluding tert-OH is 1. The molecule has 1 saturated heterocycles. The molecule has 1 aromatic carbocycles. The summed E-state index contributed by atoms with van der Waals surface area (Å²) >= 11 is 0. The van der Waals surface area contributed by atoms with E-state index in [0.717, 1.165) is 0 Å². The second kappa shape index (κ2) is 6.29. The van der Waals surface area contributed by atoms with Crippen molar-refractivity contribution < 1.29 is 14.6 Å². The van der Waals surface area contributed by atoms with Crippen molar-refractivity contribution in [2.45, 2.75) is 64.7 Å². The second-order valence-corrected chi connectivity index (χ2v) is 6.93. The van der Waals surface area contributed by atoms with Crippen molar-refractivity contribution in [1.29, 1.82) is 0 Å². The maximum absolute atomic E-state index is 12.6. The summed E-state index contributed by atoms with van der Waals surface area (Å²) in [7, 11) is 0. The summed E-state index contributed by atoms with van der Waals surface area (Å²) in [5.41, 5.74) is 0.714. The van der Waals surface area contributed by atoms with E-state index in [4.69, 9.17) is 4.74 Å². The lowest BCUT2D eigenvalue weighted by Crippen LogP contribution is -2.51. The van der Waals surface area contributed by atoms with E-state index < -0.39 is 17.7 Å². The zero-order chi connectivity index (χ0) is 16.5. The fourth-order valence-corrected chi connectivity index (χ4v) is 2.87. The number of hydrogen-bond acceptors (Lipinski definition) is 3. The average Bonchev–Trinajstić information content (AvgIpc) is 2.73. The largest absolute Gasteiger partial charge is 0.481 e. The molecule has 1 aromatic rings. The van der Waals surface area contributed by atoms with Gasteiger partial charge >= 0.3 is 0 Å². The average molecular weight is 305 g/mol. The molecule has 2 atom stereocenters. The Kier molecular flexibility index (Phi) is 4.81. The molecule has 122 valence electrons. The fraction of sp³-hybridized carbons (Fsp3) is 0.611. The van der Waals surface area contributed by atoms with Gasteiger partial charge in [0.1, 0.15) is 5.75 Å². The molecule has 0 bridgehead atoms. The van der Waals surface area contributed by atoms with Crippen LogP contribution >= 0.6 is 0 Å². The molecule has 1 aliphatic heterocycles. The first-order valence-corrected chi connectivity index (χ1v) is 7.99. The Bertz CT molecular complexity index is 522. The number of aliphatic hydroxyl groups is 1. The predicted molar refractivity (Wildman–Crippen MR) is 87.0 cm³/mol. The molecule has 0 aliphatic carbocycles. The molecule has 1 fully saturated rings. The first-order chi connectivity index (χ1) is 10.2. The van der Waals surface area contributed by atoms with Gasteiger partial charge in [-0.15, -0.1) is 0 Å². The maximum atomic E-state index is 12.6. The van der Waals surface area contributed by atoms with Gasteiger partial charge in [-0.1, -0.05) is 26.0 Å². The molecule has 0 radical (unpaired) electrons. The molecule has 22 heavy (non-hydrogen) atoms. The van der Waals surface area contributed by atoms with Crippen LogP contribution in [0.15, 0.2) is 24.3 Å².